The lowest BCUT2D eigenvalue weighted by Gasteiger charge is -2.35. The van der Waals surface area contributed by atoms with Gasteiger partial charge in [0.2, 0.25) is 5.91 Å². The molecule has 3 fully saturated rings. The molecule has 142 valence electrons. The third-order valence-corrected chi connectivity index (χ3v) is 5.72. The van der Waals surface area contributed by atoms with E-state index < -0.39 is 0 Å². The van der Waals surface area contributed by atoms with Gasteiger partial charge in [0, 0.05) is 37.7 Å². The van der Waals surface area contributed by atoms with E-state index in [1.54, 1.807) is 17.3 Å². The Morgan fingerprint density at radius 2 is 2.00 bits per heavy atom. The second-order valence-corrected chi connectivity index (χ2v) is 7.52. The molecule has 3 aromatic rings. The molecular weight excluding hydrogens is 354 g/mol. The Labute approximate surface area is 162 Å². The number of aromatic nitrogens is 3. The molecule has 7 heteroatoms. The first kappa shape index (κ1) is 16.9. The van der Waals surface area contributed by atoms with Crippen LogP contribution in [-0.2, 0) is 11.3 Å². The Hall–Kier alpha value is -3.22. The molecule has 0 aromatic carbocycles. The van der Waals surface area contributed by atoms with Crippen molar-refractivity contribution in [3.63, 3.8) is 0 Å². The molecule has 0 radical (unpaired) electrons. The molecule has 0 saturated carbocycles. The molecule has 3 aromatic heterocycles. The third-order valence-electron chi connectivity index (χ3n) is 5.72. The van der Waals surface area contributed by atoms with E-state index in [9.17, 15) is 9.59 Å². The van der Waals surface area contributed by atoms with E-state index in [4.69, 9.17) is 0 Å². The van der Waals surface area contributed by atoms with Gasteiger partial charge in [-0.15, -0.1) is 0 Å². The Kier molecular flexibility index (Phi) is 4.07. The van der Waals surface area contributed by atoms with Gasteiger partial charge in [0.25, 0.3) is 5.91 Å². The van der Waals surface area contributed by atoms with E-state index in [1.807, 2.05) is 51.9 Å². The number of piperidine rings is 1. The molecule has 2 bridgehead atoms. The van der Waals surface area contributed by atoms with Gasteiger partial charge in [-0.25, -0.2) is 4.98 Å². The van der Waals surface area contributed by atoms with E-state index in [0.29, 0.717) is 25.3 Å². The average molecular weight is 375 g/mol. The summed E-state index contributed by atoms with van der Waals surface area (Å²) in [7, 11) is 0. The molecule has 3 saturated heterocycles. The normalized spacial score (nSPS) is 21.9. The molecule has 7 nitrogen and oxygen atoms in total. The van der Waals surface area contributed by atoms with Gasteiger partial charge < -0.3 is 14.2 Å². The predicted molar refractivity (Wildman–Crippen MR) is 102 cm³/mol. The summed E-state index contributed by atoms with van der Waals surface area (Å²) < 4.78 is 1.85. The number of pyridine rings is 2. The zero-order valence-electron chi connectivity index (χ0n) is 15.4. The van der Waals surface area contributed by atoms with Crippen LogP contribution in [0.5, 0.6) is 0 Å². The molecule has 6 rings (SSSR count). The monoisotopic (exact) mass is 375 g/mol. The lowest BCUT2D eigenvalue weighted by atomic mass is 9.94. The summed E-state index contributed by atoms with van der Waals surface area (Å²) in [5.74, 6) is -0.122. The van der Waals surface area contributed by atoms with Gasteiger partial charge in [-0.2, -0.15) is 0 Å². The van der Waals surface area contributed by atoms with Crippen LogP contribution in [-0.4, -0.2) is 55.1 Å². The van der Waals surface area contributed by atoms with Crippen molar-refractivity contribution < 1.29 is 9.59 Å². The smallest absolute Gasteiger partial charge is 0.274 e. The van der Waals surface area contributed by atoms with Crippen molar-refractivity contribution in [2.45, 2.75) is 25.4 Å². The fraction of sp³-hybridized carbons (Fsp3) is 0.333. The zero-order chi connectivity index (χ0) is 19.1. The number of carbonyl (C=O) groups excluding carboxylic acids is 2. The van der Waals surface area contributed by atoms with Crippen LogP contribution in [0.4, 0.5) is 0 Å². The second-order valence-electron chi connectivity index (χ2n) is 7.52. The molecule has 0 aliphatic carbocycles. The van der Waals surface area contributed by atoms with Crippen LogP contribution in [0.2, 0.25) is 0 Å². The topological polar surface area (TPSA) is 70.8 Å². The minimum atomic E-state index is -0.150. The first-order valence-electron chi connectivity index (χ1n) is 9.62. The number of amides is 2. The number of rotatable bonds is 3. The van der Waals surface area contributed by atoms with E-state index in [2.05, 4.69) is 9.97 Å². The summed E-state index contributed by atoms with van der Waals surface area (Å²) in [4.78, 5) is 38.7. The fourth-order valence-electron chi connectivity index (χ4n) is 4.28. The highest BCUT2D eigenvalue weighted by molar-refractivity contribution is 5.94. The fourth-order valence-corrected chi connectivity index (χ4v) is 4.28. The molecule has 6 heterocycles. The van der Waals surface area contributed by atoms with Crippen LogP contribution in [0.3, 0.4) is 0 Å². The number of hydrogen-bond donors (Lipinski definition) is 0. The molecule has 2 amide bonds. The highest BCUT2D eigenvalue weighted by Gasteiger charge is 2.42. The van der Waals surface area contributed by atoms with Gasteiger partial charge in [0.15, 0.2) is 0 Å². The summed E-state index contributed by atoms with van der Waals surface area (Å²) >= 11 is 0. The van der Waals surface area contributed by atoms with Crippen molar-refractivity contribution in [2.75, 3.05) is 13.1 Å². The van der Waals surface area contributed by atoms with E-state index in [-0.39, 0.29) is 23.8 Å². The maximum absolute atomic E-state index is 13.1. The van der Waals surface area contributed by atoms with Gasteiger partial charge in [0.1, 0.15) is 11.3 Å². The summed E-state index contributed by atoms with van der Waals surface area (Å²) in [6.45, 7) is 1.50. The van der Waals surface area contributed by atoms with Crippen LogP contribution in [0.15, 0.2) is 55.0 Å². The Morgan fingerprint density at radius 3 is 2.82 bits per heavy atom. The van der Waals surface area contributed by atoms with Crippen molar-refractivity contribution >= 4 is 17.5 Å². The first-order valence-corrected chi connectivity index (χ1v) is 9.62. The highest BCUT2D eigenvalue weighted by atomic mass is 16.2. The predicted octanol–water partition coefficient (Wildman–Crippen LogP) is 1.99. The van der Waals surface area contributed by atoms with Crippen LogP contribution in [0.1, 0.15) is 29.0 Å². The average Bonchev–Trinajstić information content (AvgIpc) is 2.98. The lowest BCUT2D eigenvalue weighted by molar-refractivity contribution is -0.140. The zero-order valence-corrected chi connectivity index (χ0v) is 15.4. The summed E-state index contributed by atoms with van der Waals surface area (Å²) in [6.07, 6.45) is 7.13. The molecular formula is C21H21N5O2. The molecule has 2 atom stereocenters. The van der Waals surface area contributed by atoms with Gasteiger partial charge in [-0.05, 0) is 37.1 Å². The van der Waals surface area contributed by atoms with E-state index in [1.165, 1.54) is 0 Å². The molecule has 0 unspecified atom stereocenters. The van der Waals surface area contributed by atoms with Crippen LogP contribution in [0, 0.1) is 5.92 Å². The van der Waals surface area contributed by atoms with Crippen LogP contribution < -0.4 is 0 Å². The molecule has 3 aliphatic heterocycles. The number of fused-ring (bicyclic) bond motifs is 5. The number of imidazole rings is 1. The van der Waals surface area contributed by atoms with Crippen molar-refractivity contribution in [1.29, 1.82) is 0 Å². The SMILES string of the molecule is O=C(c1cn2ccccc2n1)N1C[C@@H]2CC[C@H](C1)N(Cc1ccccn1)C2=O. The largest absolute Gasteiger partial charge is 0.334 e. The Balaban J connectivity index is 1.39. The molecule has 0 N–H and O–H groups in total. The van der Waals surface area contributed by atoms with Gasteiger partial charge in [-0.3, -0.25) is 14.6 Å². The minimum absolute atomic E-state index is 0.0224. The van der Waals surface area contributed by atoms with Gasteiger partial charge in [0.05, 0.1) is 18.2 Å². The third kappa shape index (κ3) is 2.93. The Bertz CT molecular complexity index is 998. The standard InChI is InChI=1S/C21H21N5O2/c27-20-15-7-8-17(26(20)12-16-5-1-3-9-22-16)13-25(11-15)21(28)18-14-24-10-4-2-6-19(24)23-18/h1-6,9-10,14-15,17H,7-8,11-13H2/t15-,17+/m0/s1. The second kappa shape index (κ2) is 6.74. The summed E-state index contributed by atoms with van der Waals surface area (Å²) in [5.41, 5.74) is 2.05. The molecule has 28 heavy (non-hydrogen) atoms. The lowest BCUT2D eigenvalue weighted by Crippen LogP contribution is -2.47. The molecule has 3 aliphatic rings. The summed E-state index contributed by atoms with van der Waals surface area (Å²) in [5, 5.41) is 0. The molecule has 0 spiro atoms. The van der Waals surface area contributed by atoms with Crippen molar-refractivity contribution in [3.8, 4) is 0 Å². The number of nitrogens with zero attached hydrogens (tertiary/aromatic N) is 5. The first-order chi connectivity index (χ1) is 13.7. The minimum Gasteiger partial charge on any atom is -0.334 e. The van der Waals surface area contributed by atoms with Crippen molar-refractivity contribution in [1.82, 2.24) is 24.2 Å². The number of carbonyl (C=O) groups is 2. The Morgan fingerprint density at radius 1 is 1.11 bits per heavy atom. The maximum Gasteiger partial charge on any atom is 0.274 e. The summed E-state index contributed by atoms with van der Waals surface area (Å²) in [6, 6.07) is 11.4. The van der Waals surface area contributed by atoms with E-state index in [0.717, 1.165) is 24.2 Å². The van der Waals surface area contributed by atoms with Gasteiger partial charge >= 0.3 is 0 Å². The van der Waals surface area contributed by atoms with Gasteiger partial charge in [-0.1, -0.05) is 12.1 Å². The van der Waals surface area contributed by atoms with Crippen LogP contribution >= 0.6 is 0 Å². The maximum atomic E-state index is 13.1. The highest BCUT2D eigenvalue weighted by Crippen LogP contribution is 2.30. The van der Waals surface area contributed by atoms with Crippen LogP contribution in [0.25, 0.3) is 5.65 Å². The van der Waals surface area contributed by atoms with Crippen molar-refractivity contribution in [2.24, 2.45) is 5.92 Å². The number of hydrogen-bond acceptors (Lipinski definition) is 4. The van der Waals surface area contributed by atoms with Crippen molar-refractivity contribution in [3.05, 3.63) is 66.4 Å². The quantitative estimate of drug-likeness (QED) is 0.702. The van der Waals surface area contributed by atoms with E-state index >= 15 is 0 Å².